The highest BCUT2D eigenvalue weighted by molar-refractivity contribution is 7.99. The third kappa shape index (κ3) is 4.90. The quantitative estimate of drug-likeness (QED) is 0.838. The minimum absolute atomic E-state index is 0.0293. The Bertz CT molecular complexity index is 509. The number of carbonyl (C=O) groups is 1. The lowest BCUT2D eigenvalue weighted by atomic mass is 10.2. The number of thiophene rings is 1. The Balaban J connectivity index is 2.73. The average molecular weight is 297 g/mol. The lowest BCUT2D eigenvalue weighted by molar-refractivity contribution is 0.0955. The van der Waals surface area contributed by atoms with Crippen LogP contribution in [0, 0.1) is 18.8 Å². The van der Waals surface area contributed by atoms with Crippen LogP contribution < -0.4 is 5.32 Å². The van der Waals surface area contributed by atoms with Gasteiger partial charge in [-0.25, -0.2) is 0 Å². The summed E-state index contributed by atoms with van der Waals surface area (Å²) in [5.74, 6) is 5.40. The molecule has 0 aliphatic rings. The van der Waals surface area contributed by atoms with Gasteiger partial charge in [-0.2, -0.15) is 11.8 Å². The molecule has 0 aliphatic carbocycles. The fourth-order valence-corrected chi connectivity index (χ4v) is 2.47. The molecule has 5 heteroatoms. The normalized spacial score (nSPS) is 10.8. The molecule has 0 radical (unpaired) electrons. The van der Waals surface area contributed by atoms with Gasteiger partial charge in [-0.3, -0.25) is 4.79 Å². The van der Waals surface area contributed by atoms with Crippen molar-refractivity contribution in [3.05, 3.63) is 21.4 Å². The molecule has 0 fully saturated rings. The second kappa shape index (κ2) is 6.99. The number of rotatable bonds is 4. The molecule has 0 unspecified atom stereocenters. The van der Waals surface area contributed by atoms with Crippen molar-refractivity contribution in [1.29, 1.82) is 0 Å². The second-order valence-electron chi connectivity index (χ2n) is 4.73. The van der Waals surface area contributed by atoms with Gasteiger partial charge in [0, 0.05) is 11.3 Å². The molecule has 2 N–H and O–H groups in total. The Morgan fingerprint density at radius 3 is 2.84 bits per heavy atom. The first-order chi connectivity index (χ1) is 8.89. The van der Waals surface area contributed by atoms with Gasteiger partial charge in [0.25, 0.3) is 5.91 Å². The van der Waals surface area contributed by atoms with Crippen molar-refractivity contribution in [3.63, 3.8) is 0 Å². The highest BCUT2D eigenvalue weighted by Gasteiger charge is 2.18. The van der Waals surface area contributed by atoms with Crippen molar-refractivity contribution in [1.82, 2.24) is 5.32 Å². The van der Waals surface area contributed by atoms with Crippen molar-refractivity contribution in [3.8, 4) is 11.8 Å². The molecule has 1 aromatic rings. The van der Waals surface area contributed by atoms with Crippen molar-refractivity contribution in [2.24, 2.45) is 0 Å². The number of aryl methyl sites for hydroxylation is 1. The molecular weight excluding hydrogens is 278 g/mol. The Morgan fingerprint density at radius 1 is 1.58 bits per heavy atom. The number of aliphatic hydroxyl groups is 1. The van der Waals surface area contributed by atoms with Gasteiger partial charge in [0.15, 0.2) is 0 Å². The monoisotopic (exact) mass is 297 g/mol. The molecule has 1 amide bonds. The fraction of sp³-hybridized carbons (Fsp3) is 0.500. The maximum absolute atomic E-state index is 12.0. The van der Waals surface area contributed by atoms with E-state index in [1.165, 1.54) is 11.3 Å². The van der Waals surface area contributed by atoms with E-state index in [1.807, 2.05) is 19.2 Å². The zero-order valence-electron chi connectivity index (χ0n) is 11.7. The summed E-state index contributed by atoms with van der Waals surface area (Å²) in [6.45, 7) is 6.56. The molecule has 0 spiro atoms. The van der Waals surface area contributed by atoms with E-state index < -0.39 is 0 Å². The first-order valence-corrected chi connectivity index (χ1v) is 7.97. The van der Waals surface area contributed by atoms with Gasteiger partial charge in [-0.05, 0) is 38.7 Å². The van der Waals surface area contributed by atoms with Crippen LogP contribution in [0.1, 0.15) is 34.0 Å². The van der Waals surface area contributed by atoms with Crippen molar-refractivity contribution >= 4 is 29.0 Å². The van der Waals surface area contributed by atoms with Gasteiger partial charge in [0.2, 0.25) is 0 Å². The summed E-state index contributed by atoms with van der Waals surface area (Å²) in [6.07, 6.45) is 2.03. The smallest absolute Gasteiger partial charge is 0.261 e. The molecule has 104 valence electrons. The van der Waals surface area contributed by atoms with Crippen LogP contribution in [0.2, 0.25) is 0 Å². The molecule has 1 rings (SSSR count). The molecule has 3 nitrogen and oxygen atoms in total. The third-order valence-electron chi connectivity index (χ3n) is 2.65. The van der Waals surface area contributed by atoms with Crippen LogP contribution in [0.4, 0.5) is 0 Å². The van der Waals surface area contributed by atoms with Crippen molar-refractivity contribution in [2.45, 2.75) is 25.5 Å². The van der Waals surface area contributed by atoms with E-state index in [1.54, 1.807) is 11.8 Å². The van der Waals surface area contributed by atoms with Gasteiger partial charge < -0.3 is 10.4 Å². The van der Waals surface area contributed by atoms with Gasteiger partial charge in [-0.15, -0.1) is 11.3 Å². The van der Waals surface area contributed by atoms with E-state index in [2.05, 4.69) is 31.0 Å². The molecular formula is C14H19NO2S2. The Kier molecular flexibility index (Phi) is 5.92. The first-order valence-electron chi connectivity index (χ1n) is 5.93. The lowest BCUT2D eigenvalue weighted by Crippen LogP contribution is -2.35. The molecule has 0 saturated carbocycles. The van der Waals surface area contributed by atoms with Crippen LogP contribution in [-0.2, 0) is 0 Å². The second-order valence-corrected chi connectivity index (χ2v) is 7.29. The molecule has 1 heterocycles. The number of thioether (sulfide) groups is 1. The summed E-state index contributed by atoms with van der Waals surface area (Å²) in [6, 6.07) is 1.84. The molecule has 19 heavy (non-hydrogen) atoms. The summed E-state index contributed by atoms with van der Waals surface area (Å²) in [5, 5.41) is 11.6. The van der Waals surface area contributed by atoms with E-state index in [9.17, 15) is 4.79 Å². The van der Waals surface area contributed by atoms with Crippen LogP contribution >= 0.6 is 23.1 Å². The number of carbonyl (C=O) groups excluding carboxylic acids is 1. The van der Waals surface area contributed by atoms with Crippen LogP contribution in [0.5, 0.6) is 0 Å². The maximum Gasteiger partial charge on any atom is 0.261 e. The maximum atomic E-state index is 12.0. The molecule has 0 aliphatic heterocycles. The van der Waals surface area contributed by atoms with E-state index in [-0.39, 0.29) is 17.3 Å². The zero-order chi connectivity index (χ0) is 14.5. The lowest BCUT2D eigenvalue weighted by Gasteiger charge is -2.21. The largest absolute Gasteiger partial charge is 0.384 e. The number of aliphatic hydroxyl groups excluding tert-OH is 1. The summed E-state index contributed by atoms with van der Waals surface area (Å²) < 4.78 is 0.0293. The summed E-state index contributed by atoms with van der Waals surface area (Å²) in [7, 11) is 0. The van der Waals surface area contributed by atoms with Crippen LogP contribution in [0.25, 0.3) is 0 Å². The molecule has 0 atom stereocenters. The minimum Gasteiger partial charge on any atom is -0.384 e. The Labute approximate surface area is 122 Å². The molecule has 0 aromatic carbocycles. The van der Waals surface area contributed by atoms with Crippen LogP contribution in [-0.4, -0.2) is 35.2 Å². The Hall–Kier alpha value is -0.960. The average Bonchev–Trinajstić information content (AvgIpc) is 2.75. The summed E-state index contributed by atoms with van der Waals surface area (Å²) in [4.78, 5) is 13.5. The van der Waals surface area contributed by atoms with E-state index in [4.69, 9.17) is 5.11 Å². The number of hydrogen-bond donors (Lipinski definition) is 2. The van der Waals surface area contributed by atoms with E-state index in [0.29, 0.717) is 11.4 Å². The predicted octanol–water partition coefficient (Wildman–Crippen LogP) is 2.27. The predicted molar refractivity (Wildman–Crippen MR) is 82.9 cm³/mol. The van der Waals surface area contributed by atoms with Crippen molar-refractivity contribution < 1.29 is 9.90 Å². The zero-order valence-corrected chi connectivity index (χ0v) is 13.3. The van der Waals surface area contributed by atoms with E-state index >= 15 is 0 Å². The van der Waals surface area contributed by atoms with Gasteiger partial charge >= 0.3 is 0 Å². The third-order valence-corrected chi connectivity index (χ3v) is 5.05. The van der Waals surface area contributed by atoms with Gasteiger partial charge in [-0.1, -0.05) is 11.8 Å². The summed E-state index contributed by atoms with van der Waals surface area (Å²) >= 11 is 3.08. The summed E-state index contributed by atoms with van der Waals surface area (Å²) in [5.41, 5.74) is 0.972. The first kappa shape index (κ1) is 16.1. The highest BCUT2D eigenvalue weighted by Crippen LogP contribution is 2.22. The SMILES string of the molecule is CSC(C)(C)CNC(=O)c1cc(C)c(C#CCO)s1. The van der Waals surface area contributed by atoms with E-state index in [0.717, 1.165) is 10.4 Å². The molecule has 1 aromatic heterocycles. The number of hydrogen-bond acceptors (Lipinski definition) is 4. The number of amides is 1. The highest BCUT2D eigenvalue weighted by atomic mass is 32.2. The fourth-order valence-electron chi connectivity index (χ4n) is 1.29. The number of nitrogens with one attached hydrogen (secondary N) is 1. The van der Waals surface area contributed by atoms with Crippen LogP contribution in [0.15, 0.2) is 6.07 Å². The Morgan fingerprint density at radius 2 is 2.26 bits per heavy atom. The van der Waals surface area contributed by atoms with Gasteiger partial charge in [0.1, 0.15) is 6.61 Å². The van der Waals surface area contributed by atoms with Gasteiger partial charge in [0.05, 0.1) is 9.75 Å². The van der Waals surface area contributed by atoms with Crippen LogP contribution in [0.3, 0.4) is 0 Å². The van der Waals surface area contributed by atoms with Crippen molar-refractivity contribution in [2.75, 3.05) is 19.4 Å². The molecule has 0 bridgehead atoms. The standard InChI is InChI=1S/C14H19NO2S2/c1-10-8-12(19-11(10)6-5-7-16)13(17)15-9-14(2,3)18-4/h8,16H,7,9H2,1-4H3,(H,15,17). The minimum atomic E-state index is -0.166. The molecule has 0 saturated heterocycles. The topological polar surface area (TPSA) is 49.3 Å².